The molecule has 0 aromatic carbocycles. The highest BCUT2D eigenvalue weighted by Crippen LogP contribution is 2.43. The van der Waals surface area contributed by atoms with E-state index in [-0.39, 0.29) is 12.2 Å². The fourth-order valence-electron chi connectivity index (χ4n) is 2.82. The van der Waals surface area contributed by atoms with Crippen LogP contribution in [0.1, 0.15) is 57.8 Å². The van der Waals surface area contributed by atoms with Gasteiger partial charge in [0.15, 0.2) is 6.10 Å². The highest BCUT2D eigenvalue weighted by molar-refractivity contribution is 4.87. The molecule has 0 bridgehead atoms. The first kappa shape index (κ1) is 11.0. The van der Waals surface area contributed by atoms with E-state index in [2.05, 4.69) is 0 Å². The molecule has 3 rings (SSSR count). The maximum absolute atomic E-state index is 5.56. The van der Waals surface area contributed by atoms with Crippen LogP contribution in [0, 0.1) is 0 Å². The second-order valence-corrected chi connectivity index (χ2v) is 5.17. The molecule has 2 aliphatic carbocycles. The van der Waals surface area contributed by atoms with E-state index in [9.17, 15) is 0 Å². The van der Waals surface area contributed by atoms with E-state index in [0.717, 1.165) is 32.1 Å². The Labute approximate surface area is 96.0 Å². The van der Waals surface area contributed by atoms with Gasteiger partial charge in [-0.15, -0.1) is 0 Å². The van der Waals surface area contributed by atoms with Crippen molar-refractivity contribution in [2.45, 2.75) is 75.8 Å². The van der Waals surface area contributed by atoms with Crippen molar-refractivity contribution in [2.24, 2.45) is 0 Å². The molecule has 0 amide bonds. The van der Waals surface area contributed by atoms with Crippen LogP contribution in [0.15, 0.2) is 0 Å². The summed E-state index contributed by atoms with van der Waals surface area (Å²) in [5.74, 6) is -0.574. The van der Waals surface area contributed by atoms with E-state index in [4.69, 9.17) is 19.6 Å². The van der Waals surface area contributed by atoms with E-state index in [0.29, 0.717) is 0 Å². The number of hydrogen-bond donors (Lipinski definition) is 0. The van der Waals surface area contributed by atoms with Crippen LogP contribution in [-0.2, 0) is 19.6 Å². The SMILES string of the molecule is C1CCC(OOC23CCCCC2OO3)CC1. The molecule has 1 aliphatic heterocycles. The van der Waals surface area contributed by atoms with Crippen molar-refractivity contribution in [3.63, 3.8) is 0 Å². The van der Waals surface area contributed by atoms with Gasteiger partial charge in [-0.25, -0.2) is 9.78 Å². The van der Waals surface area contributed by atoms with Gasteiger partial charge in [0.25, 0.3) is 5.79 Å². The van der Waals surface area contributed by atoms with Gasteiger partial charge in [-0.2, -0.15) is 9.78 Å². The molecule has 0 spiro atoms. The average molecular weight is 228 g/mol. The lowest BCUT2D eigenvalue weighted by Gasteiger charge is -2.47. The predicted molar refractivity (Wildman–Crippen MR) is 56.2 cm³/mol. The van der Waals surface area contributed by atoms with Gasteiger partial charge >= 0.3 is 0 Å². The summed E-state index contributed by atoms with van der Waals surface area (Å²) in [5.41, 5.74) is 0. The lowest BCUT2D eigenvalue weighted by molar-refractivity contribution is -0.633. The highest BCUT2D eigenvalue weighted by Gasteiger charge is 2.55. The molecule has 0 aromatic rings. The van der Waals surface area contributed by atoms with Crippen LogP contribution in [-0.4, -0.2) is 18.0 Å². The fourth-order valence-corrected chi connectivity index (χ4v) is 2.82. The Kier molecular flexibility index (Phi) is 3.16. The molecular formula is C12H20O4. The first-order valence-corrected chi connectivity index (χ1v) is 6.58. The van der Waals surface area contributed by atoms with Crippen LogP contribution in [0.5, 0.6) is 0 Å². The lowest BCUT2D eigenvalue weighted by atomic mass is 9.90. The first-order chi connectivity index (χ1) is 7.89. The largest absolute Gasteiger partial charge is 0.262 e. The topological polar surface area (TPSA) is 36.9 Å². The van der Waals surface area contributed by atoms with Gasteiger partial charge in [0.05, 0.1) is 6.10 Å². The summed E-state index contributed by atoms with van der Waals surface area (Å²) in [5, 5.41) is 0. The third-order valence-electron chi connectivity index (χ3n) is 3.91. The van der Waals surface area contributed by atoms with E-state index in [1.165, 1.54) is 25.7 Å². The maximum Gasteiger partial charge on any atom is 0.262 e. The molecule has 3 fully saturated rings. The zero-order chi connectivity index (χ0) is 10.8. The molecular weight excluding hydrogens is 208 g/mol. The average Bonchev–Trinajstić information content (AvgIpc) is 2.31. The standard InChI is InChI=1S/C12H20O4/c1-2-6-10(7-3-1)13-15-12-9-5-4-8-11(12)14-16-12/h10-11H,1-9H2. The molecule has 2 saturated carbocycles. The third kappa shape index (κ3) is 1.99. The number of fused-ring (bicyclic) bond motifs is 1. The minimum absolute atomic E-state index is 0.0878. The van der Waals surface area contributed by atoms with Crippen molar-refractivity contribution >= 4 is 0 Å². The molecule has 0 radical (unpaired) electrons. The van der Waals surface area contributed by atoms with Crippen LogP contribution < -0.4 is 0 Å². The normalized spacial score (nSPS) is 40.1. The van der Waals surface area contributed by atoms with Crippen molar-refractivity contribution in [2.75, 3.05) is 0 Å². The van der Waals surface area contributed by atoms with Gasteiger partial charge in [-0.3, -0.25) is 0 Å². The molecule has 92 valence electrons. The van der Waals surface area contributed by atoms with Crippen LogP contribution in [0.25, 0.3) is 0 Å². The summed E-state index contributed by atoms with van der Waals surface area (Å²) in [7, 11) is 0. The van der Waals surface area contributed by atoms with Gasteiger partial charge < -0.3 is 0 Å². The summed E-state index contributed by atoms with van der Waals surface area (Å²) in [6.07, 6.45) is 10.6. The Morgan fingerprint density at radius 3 is 2.44 bits per heavy atom. The minimum atomic E-state index is -0.574. The quantitative estimate of drug-likeness (QED) is 0.550. The second-order valence-electron chi connectivity index (χ2n) is 5.17. The first-order valence-electron chi connectivity index (χ1n) is 6.58. The van der Waals surface area contributed by atoms with Gasteiger partial charge in [0.1, 0.15) is 0 Å². The summed E-state index contributed by atoms with van der Waals surface area (Å²) in [6, 6.07) is 0. The van der Waals surface area contributed by atoms with Crippen LogP contribution in [0.3, 0.4) is 0 Å². The molecule has 2 unspecified atom stereocenters. The van der Waals surface area contributed by atoms with Gasteiger partial charge in [0.2, 0.25) is 0 Å². The fraction of sp³-hybridized carbons (Fsp3) is 1.00. The van der Waals surface area contributed by atoms with Crippen molar-refractivity contribution in [3.05, 3.63) is 0 Å². The number of hydrogen-bond acceptors (Lipinski definition) is 4. The van der Waals surface area contributed by atoms with Crippen molar-refractivity contribution in [1.29, 1.82) is 0 Å². The molecule has 0 aromatic heterocycles. The van der Waals surface area contributed by atoms with Gasteiger partial charge in [-0.05, 0) is 25.7 Å². The zero-order valence-electron chi connectivity index (χ0n) is 9.65. The molecule has 1 saturated heterocycles. The smallest absolute Gasteiger partial charge is 0.230 e. The highest BCUT2D eigenvalue weighted by atomic mass is 17.4. The molecule has 4 nitrogen and oxygen atoms in total. The molecule has 3 aliphatic rings. The Morgan fingerprint density at radius 2 is 1.75 bits per heavy atom. The van der Waals surface area contributed by atoms with E-state index in [1.54, 1.807) is 0 Å². The Bertz CT molecular complexity index is 239. The summed E-state index contributed by atoms with van der Waals surface area (Å²) < 4.78 is 0. The lowest BCUT2D eigenvalue weighted by Crippen LogP contribution is -2.60. The molecule has 1 heterocycles. The summed E-state index contributed by atoms with van der Waals surface area (Å²) in [6.45, 7) is 0. The monoisotopic (exact) mass is 228 g/mol. The maximum atomic E-state index is 5.56. The third-order valence-corrected chi connectivity index (χ3v) is 3.91. The van der Waals surface area contributed by atoms with Crippen molar-refractivity contribution < 1.29 is 19.6 Å². The molecule has 16 heavy (non-hydrogen) atoms. The van der Waals surface area contributed by atoms with Crippen molar-refractivity contribution in [3.8, 4) is 0 Å². The molecule has 0 N–H and O–H groups in total. The van der Waals surface area contributed by atoms with E-state index in [1.807, 2.05) is 0 Å². The minimum Gasteiger partial charge on any atom is -0.230 e. The second kappa shape index (κ2) is 4.61. The molecule has 4 heteroatoms. The van der Waals surface area contributed by atoms with Crippen LogP contribution >= 0.6 is 0 Å². The Balaban J connectivity index is 1.49. The van der Waals surface area contributed by atoms with Crippen molar-refractivity contribution in [1.82, 2.24) is 0 Å². The number of rotatable bonds is 3. The summed E-state index contributed by atoms with van der Waals surface area (Å²) in [4.78, 5) is 21.3. The Hall–Kier alpha value is -0.160. The van der Waals surface area contributed by atoms with E-state index >= 15 is 0 Å². The van der Waals surface area contributed by atoms with E-state index < -0.39 is 5.79 Å². The van der Waals surface area contributed by atoms with Crippen LogP contribution in [0.4, 0.5) is 0 Å². The Morgan fingerprint density at radius 1 is 0.938 bits per heavy atom. The van der Waals surface area contributed by atoms with Gasteiger partial charge in [0, 0.05) is 6.42 Å². The zero-order valence-corrected chi connectivity index (χ0v) is 9.65. The molecule has 2 atom stereocenters. The predicted octanol–water partition coefficient (Wildman–Crippen LogP) is 2.87. The van der Waals surface area contributed by atoms with Crippen LogP contribution in [0.2, 0.25) is 0 Å². The summed E-state index contributed by atoms with van der Waals surface area (Å²) >= 11 is 0. The van der Waals surface area contributed by atoms with Gasteiger partial charge in [-0.1, -0.05) is 25.7 Å².